The molecule has 33 heavy (non-hydrogen) atoms. The first kappa shape index (κ1) is 32.7. The lowest BCUT2D eigenvalue weighted by Gasteiger charge is -2.27. The highest BCUT2D eigenvalue weighted by atomic mass is 31.2. The number of quaternary nitrogens is 1. The number of hydrogen-bond donors (Lipinski definition) is 1. The summed E-state index contributed by atoms with van der Waals surface area (Å²) >= 11 is 0. The van der Waals surface area contributed by atoms with Gasteiger partial charge in [-0.1, -0.05) is 70.4 Å². The predicted molar refractivity (Wildman–Crippen MR) is 134 cm³/mol. The first-order valence-corrected chi connectivity index (χ1v) is 14.4. The normalized spacial score (nSPS) is 15.2. The molecule has 0 saturated carbocycles. The second-order valence-corrected chi connectivity index (χ2v) is 11.3. The van der Waals surface area contributed by atoms with Gasteiger partial charge in [-0.05, 0) is 32.1 Å². The molecule has 0 aliphatic carbocycles. The number of phosphoric ester groups is 1. The molecule has 0 fully saturated rings. The van der Waals surface area contributed by atoms with Crippen molar-refractivity contribution in [1.29, 1.82) is 0 Å². The zero-order valence-corrected chi connectivity index (χ0v) is 22.7. The molecule has 0 heterocycles. The Balaban J connectivity index is 3.47. The van der Waals surface area contributed by atoms with Gasteiger partial charge in [0, 0.05) is 6.61 Å². The summed E-state index contributed by atoms with van der Waals surface area (Å²) in [4.78, 5) is 11.7. The number of aliphatic hydroxyl groups is 1. The molecule has 0 amide bonds. The molecule has 0 aromatic carbocycles. The van der Waals surface area contributed by atoms with Crippen LogP contribution in [0.2, 0.25) is 0 Å². The van der Waals surface area contributed by atoms with E-state index < -0.39 is 13.9 Å². The number of hydrogen-bond acceptors (Lipinski definition) is 6. The monoisotopic (exact) mass is 493 g/mol. The summed E-state index contributed by atoms with van der Waals surface area (Å²) in [5.74, 6) is 0. The number of unbranched alkanes of at least 4 members (excludes halogenated alkanes) is 11. The summed E-state index contributed by atoms with van der Waals surface area (Å²) in [5.41, 5.74) is 0. The average molecular weight is 494 g/mol. The highest BCUT2D eigenvalue weighted by Gasteiger charge is 2.15. The Morgan fingerprint density at radius 3 is 1.94 bits per heavy atom. The van der Waals surface area contributed by atoms with E-state index in [2.05, 4.69) is 19.1 Å². The number of rotatable bonds is 24. The van der Waals surface area contributed by atoms with Crippen LogP contribution in [0.3, 0.4) is 0 Å². The van der Waals surface area contributed by atoms with Crippen molar-refractivity contribution in [3.05, 3.63) is 12.2 Å². The van der Waals surface area contributed by atoms with Crippen molar-refractivity contribution >= 4 is 7.82 Å². The minimum absolute atomic E-state index is 0.0461. The van der Waals surface area contributed by atoms with Gasteiger partial charge >= 0.3 is 0 Å². The van der Waals surface area contributed by atoms with Crippen LogP contribution >= 0.6 is 7.82 Å². The van der Waals surface area contributed by atoms with E-state index in [1.54, 1.807) is 0 Å². The molecule has 0 rings (SSSR count). The lowest BCUT2D eigenvalue weighted by atomic mass is 10.1. The zero-order chi connectivity index (χ0) is 24.8. The fourth-order valence-corrected chi connectivity index (χ4v) is 3.92. The molecule has 0 saturated heterocycles. The van der Waals surface area contributed by atoms with E-state index in [1.165, 1.54) is 64.2 Å². The Kier molecular flexibility index (Phi) is 20.9. The second-order valence-electron chi connectivity index (χ2n) is 9.90. The summed E-state index contributed by atoms with van der Waals surface area (Å²) in [5, 5.41) is 9.81. The fourth-order valence-electron chi connectivity index (χ4n) is 3.18. The molecule has 0 aliphatic rings. The number of ether oxygens (including phenoxy) is 1. The van der Waals surface area contributed by atoms with Crippen molar-refractivity contribution in [2.24, 2.45) is 0 Å². The van der Waals surface area contributed by atoms with Gasteiger partial charge in [0.25, 0.3) is 7.82 Å². The molecular weight excluding hydrogens is 441 g/mol. The lowest BCUT2D eigenvalue weighted by Crippen LogP contribution is -2.37. The van der Waals surface area contributed by atoms with Gasteiger partial charge < -0.3 is 28.3 Å². The Morgan fingerprint density at radius 2 is 1.36 bits per heavy atom. The van der Waals surface area contributed by atoms with Crippen LogP contribution in [0.5, 0.6) is 0 Å². The van der Waals surface area contributed by atoms with Crippen molar-refractivity contribution < 1.29 is 32.8 Å². The third kappa shape index (κ3) is 26.2. The van der Waals surface area contributed by atoms with Gasteiger partial charge in [0.05, 0.1) is 34.4 Å². The van der Waals surface area contributed by atoms with E-state index >= 15 is 0 Å². The number of nitrogens with zero attached hydrogens (tertiary/aromatic N) is 1. The minimum atomic E-state index is -4.39. The Morgan fingerprint density at radius 1 is 0.818 bits per heavy atom. The SMILES string of the molecule is CCCCCCCCCCC/C=C/CCCCOC[C@@H](O)COP(=O)([O-])OCC[N+](C)(C)C. The van der Waals surface area contributed by atoms with E-state index in [9.17, 15) is 14.6 Å². The van der Waals surface area contributed by atoms with Gasteiger partial charge in [-0.25, -0.2) is 0 Å². The maximum absolute atomic E-state index is 11.7. The molecule has 0 aromatic rings. The average Bonchev–Trinajstić information content (AvgIpc) is 2.73. The molecule has 0 aromatic heterocycles. The van der Waals surface area contributed by atoms with Gasteiger partial charge in [0.2, 0.25) is 0 Å². The molecule has 1 unspecified atom stereocenters. The minimum Gasteiger partial charge on any atom is -0.756 e. The molecule has 0 bridgehead atoms. The molecular formula is C25H52NO6P. The molecule has 1 N–H and O–H groups in total. The third-order valence-electron chi connectivity index (χ3n) is 5.30. The first-order valence-electron chi connectivity index (χ1n) is 13.0. The second kappa shape index (κ2) is 21.0. The quantitative estimate of drug-likeness (QED) is 0.0858. The first-order chi connectivity index (χ1) is 15.7. The number of allylic oxidation sites excluding steroid dienone is 2. The summed E-state index contributed by atoms with van der Waals surface area (Å²) in [7, 11) is 1.43. The van der Waals surface area contributed by atoms with Crippen LogP contribution in [0.4, 0.5) is 0 Å². The Hall–Kier alpha value is -0.270. The fraction of sp³-hybridized carbons (Fsp3) is 0.920. The number of phosphoric acid groups is 1. The van der Waals surface area contributed by atoms with E-state index in [-0.39, 0.29) is 19.8 Å². The smallest absolute Gasteiger partial charge is 0.268 e. The molecule has 198 valence electrons. The van der Waals surface area contributed by atoms with Crippen LogP contribution < -0.4 is 4.89 Å². The standard InChI is InChI=1S/C25H52NO6P/c1-5-6-7-8-9-10-11-12-13-14-15-16-17-18-19-21-30-23-25(27)24-32-33(28,29)31-22-20-26(2,3)4/h15-16,25,27H,5-14,17-24H2,1-4H3/b16-15+/t25-/m1/s1. The maximum atomic E-state index is 11.7. The molecule has 0 spiro atoms. The molecule has 7 nitrogen and oxygen atoms in total. The summed E-state index contributed by atoms with van der Waals surface area (Å²) < 4.78 is 27.2. The van der Waals surface area contributed by atoms with Crippen LogP contribution in [0, 0.1) is 0 Å². The summed E-state index contributed by atoms with van der Waals surface area (Å²) in [6.45, 7) is 3.08. The largest absolute Gasteiger partial charge is 0.756 e. The van der Waals surface area contributed by atoms with Crippen LogP contribution in [-0.4, -0.2) is 69.8 Å². The van der Waals surface area contributed by atoms with Gasteiger partial charge in [-0.2, -0.15) is 0 Å². The van der Waals surface area contributed by atoms with Gasteiger partial charge in [0.1, 0.15) is 19.3 Å². The number of likely N-dealkylation sites (N-methyl/N-ethyl adjacent to an activating group) is 1. The van der Waals surface area contributed by atoms with Crippen molar-refractivity contribution in [3.63, 3.8) is 0 Å². The topological polar surface area (TPSA) is 88.0 Å². The highest BCUT2D eigenvalue weighted by molar-refractivity contribution is 7.45. The molecule has 0 aliphatic heterocycles. The highest BCUT2D eigenvalue weighted by Crippen LogP contribution is 2.38. The van der Waals surface area contributed by atoms with Crippen LogP contribution in [0.15, 0.2) is 12.2 Å². The van der Waals surface area contributed by atoms with Crippen LogP contribution in [-0.2, 0) is 18.3 Å². The summed E-state index contributed by atoms with van der Waals surface area (Å²) in [6.07, 6.45) is 20.0. The van der Waals surface area contributed by atoms with Gasteiger partial charge in [0.15, 0.2) is 0 Å². The van der Waals surface area contributed by atoms with Crippen molar-refractivity contribution in [3.8, 4) is 0 Å². The van der Waals surface area contributed by atoms with Crippen LogP contribution in [0.1, 0.15) is 90.4 Å². The molecule has 0 radical (unpaired) electrons. The van der Waals surface area contributed by atoms with Crippen LogP contribution in [0.25, 0.3) is 0 Å². The summed E-state index contributed by atoms with van der Waals surface area (Å²) in [6, 6.07) is 0. The molecule has 2 atom stereocenters. The van der Waals surface area contributed by atoms with E-state index in [0.29, 0.717) is 17.6 Å². The van der Waals surface area contributed by atoms with Gasteiger partial charge in [-0.3, -0.25) is 4.57 Å². The Labute approximate surface area is 203 Å². The predicted octanol–water partition coefficient (Wildman–Crippen LogP) is 5.22. The van der Waals surface area contributed by atoms with Crippen molar-refractivity contribution in [2.75, 3.05) is 54.1 Å². The van der Waals surface area contributed by atoms with E-state index in [4.69, 9.17) is 13.8 Å². The zero-order valence-electron chi connectivity index (χ0n) is 21.8. The van der Waals surface area contributed by atoms with E-state index in [1.807, 2.05) is 21.1 Å². The molecule has 8 heteroatoms. The van der Waals surface area contributed by atoms with Gasteiger partial charge in [-0.15, -0.1) is 0 Å². The maximum Gasteiger partial charge on any atom is 0.268 e. The lowest BCUT2D eigenvalue weighted by molar-refractivity contribution is -0.870. The van der Waals surface area contributed by atoms with Crippen molar-refractivity contribution in [1.82, 2.24) is 0 Å². The Bertz CT molecular complexity index is 510. The number of aliphatic hydroxyl groups excluding tert-OH is 1. The van der Waals surface area contributed by atoms with Crippen molar-refractivity contribution in [2.45, 2.75) is 96.5 Å². The third-order valence-corrected chi connectivity index (χ3v) is 6.26. The van der Waals surface area contributed by atoms with E-state index in [0.717, 1.165) is 19.3 Å².